The fraction of sp³-hybridized carbons (Fsp3) is 0.875. The number of nitrogens with zero attached hydrogens (tertiary/aromatic N) is 1. The monoisotopic (exact) mass is 136 g/mol. The highest BCUT2D eigenvalue weighted by molar-refractivity contribution is 5.89. The zero-order valence-corrected chi connectivity index (χ0v) is 6.01. The molecular weight excluding hydrogens is 124 g/mol. The summed E-state index contributed by atoms with van der Waals surface area (Å²) < 4.78 is 1.82. The summed E-state index contributed by atoms with van der Waals surface area (Å²) in [5, 5.41) is 0. The van der Waals surface area contributed by atoms with Gasteiger partial charge in [0.15, 0.2) is 5.71 Å². The molecule has 0 radical (unpaired) electrons. The van der Waals surface area contributed by atoms with Crippen molar-refractivity contribution in [1.82, 2.24) is 0 Å². The van der Waals surface area contributed by atoms with Crippen molar-refractivity contribution < 1.29 is 4.68 Å². The Morgan fingerprint density at radius 3 is 2.20 bits per heavy atom. The highest BCUT2D eigenvalue weighted by Crippen LogP contribution is 2.46. The first-order valence-corrected chi connectivity index (χ1v) is 4.23. The standard InChI is InChI=1S/C8H12N2/c9-10-7-3-5-1-2-6(4-7)8(5)10/h5-7,9H,1-4H2. The van der Waals surface area contributed by atoms with E-state index in [9.17, 15) is 0 Å². The maximum absolute atomic E-state index is 7.70. The molecular formula is C8H12N2. The summed E-state index contributed by atoms with van der Waals surface area (Å²) in [6.45, 7) is 0. The third-order valence-electron chi connectivity index (χ3n) is 3.46. The lowest BCUT2D eigenvalue weighted by molar-refractivity contribution is -0.483. The van der Waals surface area contributed by atoms with Crippen molar-refractivity contribution >= 4 is 5.71 Å². The van der Waals surface area contributed by atoms with E-state index in [-0.39, 0.29) is 0 Å². The van der Waals surface area contributed by atoms with Gasteiger partial charge in [-0.05, 0) is 12.8 Å². The molecule has 2 bridgehead atoms. The Kier molecular flexibility index (Phi) is 0.715. The normalized spacial score (nSPS) is 49.4. The minimum atomic E-state index is 0.618. The molecule has 3 rings (SSSR count). The van der Waals surface area contributed by atoms with Gasteiger partial charge in [0.05, 0.1) is 0 Å². The SMILES string of the molecule is [NH-][N+]1=C2C3CCC2CC1C3. The molecule has 2 aliphatic heterocycles. The summed E-state index contributed by atoms with van der Waals surface area (Å²) in [5.74, 6) is 9.37. The van der Waals surface area contributed by atoms with Crippen molar-refractivity contribution in [3.8, 4) is 0 Å². The van der Waals surface area contributed by atoms with Crippen LogP contribution in [-0.4, -0.2) is 16.4 Å². The predicted octanol–water partition coefficient (Wildman–Crippen LogP) is 1.61. The van der Waals surface area contributed by atoms with Gasteiger partial charge in [0.25, 0.3) is 0 Å². The van der Waals surface area contributed by atoms with Gasteiger partial charge >= 0.3 is 0 Å². The van der Waals surface area contributed by atoms with Crippen molar-refractivity contribution in [3.05, 3.63) is 5.84 Å². The van der Waals surface area contributed by atoms with Crippen LogP contribution >= 0.6 is 0 Å². The number of hydrogen-bond donors (Lipinski definition) is 0. The van der Waals surface area contributed by atoms with E-state index in [0.29, 0.717) is 6.04 Å². The first kappa shape index (κ1) is 5.16. The van der Waals surface area contributed by atoms with Crippen LogP contribution in [0.4, 0.5) is 0 Å². The van der Waals surface area contributed by atoms with Gasteiger partial charge in [-0.25, -0.2) is 0 Å². The molecule has 2 heteroatoms. The van der Waals surface area contributed by atoms with Crippen LogP contribution in [-0.2, 0) is 0 Å². The second-order valence-corrected chi connectivity index (χ2v) is 3.89. The Morgan fingerprint density at radius 2 is 1.80 bits per heavy atom. The van der Waals surface area contributed by atoms with E-state index in [0.717, 1.165) is 11.8 Å². The van der Waals surface area contributed by atoms with Gasteiger partial charge in [-0.1, -0.05) is 0 Å². The molecule has 2 unspecified atom stereocenters. The summed E-state index contributed by atoms with van der Waals surface area (Å²) >= 11 is 0. The molecule has 10 heavy (non-hydrogen) atoms. The Bertz CT molecular complexity index is 203. The summed E-state index contributed by atoms with van der Waals surface area (Å²) in [6.07, 6.45) is 5.36. The lowest BCUT2D eigenvalue weighted by atomic mass is 9.89. The van der Waals surface area contributed by atoms with E-state index in [1.54, 1.807) is 0 Å². The van der Waals surface area contributed by atoms with Crippen LogP contribution in [0.2, 0.25) is 0 Å². The third kappa shape index (κ3) is 0.386. The summed E-state index contributed by atoms with van der Waals surface area (Å²) in [5.41, 5.74) is 1.49. The van der Waals surface area contributed by atoms with E-state index in [1.165, 1.54) is 31.4 Å². The Morgan fingerprint density at radius 1 is 1.20 bits per heavy atom. The molecule has 1 fully saturated rings. The number of hydrogen-bond acceptors (Lipinski definition) is 0. The van der Waals surface area contributed by atoms with Crippen molar-refractivity contribution in [2.24, 2.45) is 11.8 Å². The molecule has 0 amide bonds. The maximum Gasteiger partial charge on any atom is 0.154 e. The quantitative estimate of drug-likeness (QED) is 0.452. The average Bonchev–Trinajstić information content (AvgIpc) is 2.44. The minimum Gasteiger partial charge on any atom is -0.454 e. The highest BCUT2D eigenvalue weighted by atomic mass is 15.4. The van der Waals surface area contributed by atoms with Gasteiger partial charge < -0.3 is 5.84 Å². The van der Waals surface area contributed by atoms with Crippen molar-refractivity contribution in [3.63, 3.8) is 0 Å². The molecule has 2 atom stereocenters. The topological polar surface area (TPSA) is 26.8 Å². The largest absolute Gasteiger partial charge is 0.454 e. The van der Waals surface area contributed by atoms with Crippen LogP contribution in [0.1, 0.15) is 25.7 Å². The smallest absolute Gasteiger partial charge is 0.154 e. The Labute approximate surface area is 60.7 Å². The van der Waals surface area contributed by atoms with Gasteiger partial charge in [0.1, 0.15) is 6.04 Å². The number of nitrogens with one attached hydrogen (secondary N) is 1. The zero-order chi connectivity index (χ0) is 6.72. The average molecular weight is 136 g/mol. The van der Waals surface area contributed by atoms with E-state index >= 15 is 0 Å². The predicted molar refractivity (Wildman–Crippen MR) is 38.8 cm³/mol. The molecule has 3 aliphatic rings. The fourth-order valence-corrected chi connectivity index (χ4v) is 3.08. The van der Waals surface area contributed by atoms with E-state index < -0.39 is 0 Å². The lowest BCUT2D eigenvalue weighted by Gasteiger charge is -2.07. The first-order chi connectivity index (χ1) is 4.86. The highest BCUT2D eigenvalue weighted by Gasteiger charge is 2.52. The Hall–Kier alpha value is -0.530. The van der Waals surface area contributed by atoms with Crippen LogP contribution in [0.5, 0.6) is 0 Å². The third-order valence-corrected chi connectivity index (χ3v) is 3.46. The molecule has 1 N–H and O–H groups in total. The van der Waals surface area contributed by atoms with Crippen LogP contribution in [0.25, 0.3) is 5.84 Å². The molecule has 0 saturated heterocycles. The molecule has 2 heterocycles. The van der Waals surface area contributed by atoms with Crippen LogP contribution in [0, 0.1) is 11.8 Å². The van der Waals surface area contributed by atoms with Crippen LogP contribution < -0.4 is 0 Å². The molecule has 1 saturated carbocycles. The molecule has 0 aromatic carbocycles. The van der Waals surface area contributed by atoms with Gasteiger partial charge in [-0.3, -0.25) is 4.68 Å². The van der Waals surface area contributed by atoms with Crippen LogP contribution in [0.3, 0.4) is 0 Å². The van der Waals surface area contributed by atoms with E-state index in [2.05, 4.69) is 0 Å². The second kappa shape index (κ2) is 1.39. The zero-order valence-electron chi connectivity index (χ0n) is 6.01. The molecule has 0 aromatic rings. The number of rotatable bonds is 0. The van der Waals surface area contributed by atoms with Crippen molar-refractivity contribution in [2.45, 2.75) is 31.7 Å². The summed E-state index contributed by atoms with van der Waals surface area (Å²) in [7, 11) is 0. The molecule has 2 nitrogen and oxygen atoms in total. The molecule has 54 valence electrons. The molecule has 0 aromatic heterocycles. The first-order valence-electron chi connectivity index (χ1n) is 4.23. The van der Waals surface area contributed by atoms with Crippen molar-refractivity contribution in [1.29, 1.82) is 0 Å². The molecule has 0 spiro atoms. The lowest BCUT2D eigenvalue weighted by Crippen LogP contribution is -2.16. The van der Waals surface area contributed by atoms with Gasteiger partial charge in [-0.15, -0.1) is 0 Å². The van der Waals surface area contributed by atoms with Crippen LogP contribution in [0.15, 0.2) is 0 Å². The van der Waals surface area contributed by atoms with Crippen molar-refractivity contribution in [2.75, 3.05) is 0 Å². The second-order valence-electron chi connectivity index (χ2n) is 3.89. The summed E-state index contributed by atoms with van der Waals surface area (Å²) in [4.78, 5) is 0. The maximum atomic E-state index is 7.70. The fourth-order valence-electron chi connectivity index (χ4n) is 3.08. The van der Waals surface area contributed by atoms with E-state index in [4.69, 9.17) is 5.84 Å². The van der Waals surface area contributed by atoms with Gasteiger partial charge in [-0.2, -0.15) is 0 Å². The van der Waals surface area contributed by atoms with Gasteiger partial charge in [0, 0.05) is 24.7 Å². The summed E-state index contributed by atoms with van der Waals surface area (Å²) in [6, 6.07) is 0.618. The van der Waals surface area contributed by atoms with E-state index in [1.807, 2.05) is 4.68 Å². The molecule has 1 aliphatic carbocycles. The number of fused-ring (bicyclic) bond motifs is 1. The van der Waals surface area contributed by atoms with Gasteiger partial charge in [0.2, 0.25) is 0 Å². The Balaban J connectivity index is 2.15. The minimum absolute atomic E-state index is 0.618.